The van der Waals surface area contributed by atoms with Crippen molar-refractivity contribution in [2.75, 3.05) is 13.2 Å². The number of aromatic hydroxyl groups is 1. The Hall–Kier alpha value is -3.02. The average Bonchev–Trinajstić information content (AvgIpc) is 2.56. The Morgan fingerprint density at radius 2 is 1.88 bits per heavy atom. The third kappa shape index (κ3) is 5.31. The van der Waals surface area contributed by atoms with Crippen LogP contribution < -0.4 is 14.9 Å². The van der Waals surface area contributed by atoms with Gasteiger partial charge in [-0.15, -0.1) is 0 Å². The number of ether oxygens (including phenoxy) is 2. The van der Waals surface area contributed by atoms with Gasteiger partial charge in [-0.25, -0.2) is 5.43 Å². The second-order valence-corrected chi connectivity index (χ2v) is 5.05. The van der Waals surface area contributed by atoms with E-state index in [9.17, 15) is 9.90 Å². The van der Waals surface area contributed by atoms with Crippen LogP contribution in [0, 0.1) is 6.92 Å². The van der Waals surface area contributed by atoms with Gasteiger partial charge in [-0.3, -0.25) is 4.79 Å². The molecule has 2 rings (SSSR count). The Bertz CT molecular complexity index is 711. The molecule has 0 radical (unpaired) electrons. The van der Waals surface area contributed by atoms with E-state index in [1.165, 1.54) is 12.3 Å². The molecule has 126 valence electrons. The summed E-state index contributed by atoms with van der Waals surface area (Å²) < 4.78 is 10.6. The fourth-order valence-corrected chi connectivity index (χ4v) is 1.88. The van der Waals surface area contributed by atoms with E-state index >= 15 is 0 Å². The van der Waals surface area contributed by atoms with Crippen molar-refractivity contribution in [2.24, 2.45) is 5.10 Å². The van der Waals surface area contributed by atoms with Crippen LogP contribution in [0.25, 0.3) is 0 Å². The summed E-state index contributed by atoms with van der Waals surface area (Å²) in [6, 6.07) is 12.3. The lowest BCUT2D eigenvalue weighted by atomic mass is 10.2. The molecule has 0 aliphatic rings. The fourth-order valence-electron chi connectivity index (χ4n) is 1.88. The van der Waals surface area contributed by atoms with Crippen LogP contribution in [0.1, 0.15) is 18.1 Å². The van der Waals surface area contributed by atoms with E-state index in [4.69, 9.17) is 9.47 Å². The normalized spacial score (nSPS) is 10.6. The molecule has 6 heteroatoms. The van der Waals surface area contributed by atoms with Crippen LogP contribution in [0.3, 0.4) is 0 Å². The number of nitrogens with zero attached hydrogens (tertiary/aromatic N) is 1. The zero-order valence-corrected chi connectivity index (χ0v) is 13.7. The van der Waals surface area contributed by atoms with Gasteiger partial charge in [-0.05, 0) is 38.1 Å². The lowest BCUT2D eigenvalue weighted by Crippen LogP contribution is -2.24. The van der Waals surface area contributed by atoms with Gasteiger partial charge in [0, 0.05) is 11.6 Å². The second kappa shape index (κ2) is 8.57. The molecule has 2 aromatic carbocycles. The van der Waals surface area contributed by atoms with Crippen LogP contribution in [-0.2, 0) is 4.79 Å². The van der Waals surface area contributed by atoms with Crippen molar-refractivity contribution in [1.82, 2.24) is 5.43 Å². The van der Waals surface area contributed by atoms with E-state index in [1.807, 2.05) is 26.0 Å². The summed E-state index contributed by atoms with van der Waals surface area (Å²) in [6.07, 6.45) is 1.36. The number of hydrazone groups is 1. The molecule has 1 amide bonds. The van der Waals surface area contributed by atoms with Crippen LogP contribution in [0.2, 0.25) is 0 Å². The predicted molar refractivity (Wildman–Crippen MR) is 91.7 cm³/mol. The largest absolute Gasteiger partial charge is 0.507 e. The van der Waals surface area contributed by atoms with Gasteiger partial charge in [-0.1, -0.05) is 17.7 Å². The molecule has 0 bridgehead atoms. The smallest absolute Gasteiger partial charge is 0.277 e. The minimum Gasteiger partial charge on any atom is -0.507 e. The molecule has 2 N–H and O–H groups in total. The summed E-state index contributed by atoms with van der Waals surface area (Å²) in [5, 5.41) is 13.6. The van der Waals surface area contributed by atoms with Gasteiger partial charge in [0.2, 0.25) is 0 Å². The number of benzene rings is 2. The van der Waals surface area contributed by atoms with Gasteiger partial charge in [-0.2, -0.15) is 5.10 Å². The quantitative estimate of drug-likeness (QED) is 0.605. The number of nitrogens with one attached hydrogen (secondary N) is 1. The van der Waals surface area contributed by atoms with Gasteiger partial charge < -0.3 is 14.6 Å². The number of phenols is 1. The van der Waals surface area contributed by atoms with E-state index in [-0.39, 0.29) is 12.4 Å². The Morgan fingerprint density at radius 1 is 1.17 bits per heavy atom. The SMILES string of the molecule is CCOc1ccc(/C=N/NC(=O)COc2ccc(C)cc2)c(O)c1. The van der Waals surface area contributed by atoms with E-state index in [0.717, 1.165) is 5.56 Å². The van der Waals surface area contributed by atoms with E-state index in [2.05, 4.69) is 10.5 Å². The molecule has 0 unspecified atom stereocenters. The van der Waals surface area contributed by atoms with Crippen LogP contribution in [0.5, 0.6) is 17.2 Å². The highest BCUT2D eigenvalue weighted by Gasteiger charge is 2.03. The Labute approximate surface area is 140 Å². The van der Waals surface area contributed by atoms with Crippen molar-refractivity contribution in [2.45, 2.75) is 13.8 Å². The summed E-state index contributed by atoms with van der Waals surface area (Å²) in [5.74, 6) is 0.818. The summed E-state index contributed by atoms with van der Waals surface area (Å²) in [4.78, 5) is 11.7. The predicted octanol–water partition coefficient (Wildman–Crippen LogP) is 2.63. The maximum atomic E-state index is 11.7. The molecule has 0 aromatic heterocycles. The Balaban J connectivity index is 1.82. The van der Waals surface area contributed by atoms with Crippen molar-refractivity contribution < 1.29 is 19.4 Å². The number of hydrogen-bond acceptors (Lipinski definition) is 5. The molecule has 2 aromatic rings. The second-order valence-electron chi connectivity index (χ2n) is 5.05. The van der Waals surface area contributed by atoms with Crippen LogP contribution in [0.15, 0.2) is 47.6 Å². The first-order valence-electron chi connectivity index (χ1n) is 7.55. The average molecular weight is 328 g/mol. The fraction of sp³-hybridized carbons (Fsp3) is 0.222. The number of aryl methyl sites for hydroxylation is 1. The molecule has 24 heavy (non-hydrogen) atoms. The van der Waals surface area contributed by atoms with Crippen molar-refractivity contribution in [3.8, 4) is 17.2 Å². The van der Waals surface area contributed by atoms with Gasteiger partial charge in [0.15, 0.2) is 6.61 Å². The molecular weight excluding hydrogens is 308 g/mol. The van der Waals surface area contributed by atoms with E-state index in [1.54, 1.807) is 24.3 Å². The number of rotatable bonds is 7. The lowest BCUT2D eigenvalue weighted by molar-refractivity contribution is -0.123. The zero-order chi connectivity index (χ0) is 17.4. The van der Waals surface area contributed by atoms with Crippen LogP contribution in [0.4, 0.5) is 0 Å². The maximum Gasteiger partial charge on any atom is 0.277 e. The van der Waals surface area contributed by atoms with Crippen LogP contribution in [-0.4, -0.2) is 30.4 Å². The first-order valence-corrected chi connectivity index (χ1v) is 7.55. The number of hydrogen-bond donors (Lipinski definition) is 2. The van der Waals surface area contributed by atoms with Crippen molar-refractivity contribution in [3.05, 3.63) is 53.6 Å². The van der Waals surface area contributed by atoms with Gasteiger partial charge >= 0.3 is 0 Å². The van der Waals surface area contributed by atoms with Crippen molar-refractivity contribution in [3.63, 3.8) is 0 Å². The molecule has 0 aliphatic carbocycles. The summed E-state index contributed by atoms with van der Waals surface area (Å²) in [5.41, 5.74) is 3.93. The molecule has 0 saturated heterocycles. The van der Waals surface area contributed by atoms with E-state index in [0.29, 0.717) is 23.7 Å². The molecule has 0 saturated carbocycles. The third-order valence-electron chi connectivity index (χ3n) is 3.10. The number of phenolic OH excluding ortho intramolecular Hbond substituents is 1. The van der Waals surface area contributed by atoms with Crippen LogP contribution >= 0.6 is 0 Å². The molecule has 0 aliphatic heterocycles. The van der Waals surface area contributed by atoms with Crippen molar-refractivity contribution in [1.29, 1.82) is 0 Å². The zero-order valence-electron chi connectivity index (χ0n) is 13.7. The summed E-state index contributed by atoms with van der Waals surface area (Å²) in [6.45, 7) is 4.21. The molecule has 6 nitrogen and oxygen atoms in total. The third-order valence-corrected chi connectivity index (χ3v) is 3.10. The monoisotopic (exact) mass is 328 g/mol. The topological polar surface area (TPSA) is 80.2 Å². The lowest BCUT2D eigenvalue weighted by Gasteiger charge is -2.06. The number of amides is 1. The first kappa shape index (κ1) is 17.3. The summed E-state index contributed by atoms with van der Waals surface area (Å²) in [7, 11) is 0. The van der Waals surface area contributed by atoms with Crippen molar-refractivity contribution >= 4 is 12.1 Å². The molecule has 0 fully saturated rings. The minimum absolute atomic E-state index is 0.0230. The van der Waals surface area contributed by atoms with Gasteiger partial charge in [0.25, 0.3) is 5.91 Å². The molecular formula is C18H20N2O4. The number of carbonyl (C=O) groups excluding carboxylic acids is 1. The molecule has 0 heterocycles. The van der Waals surface area contributed by atoms with Gasteiger partial charge in [0.1, 0.15) is 17.2 Å². The highest BCUT2D eigenvalue weighted by atomic mass is 16.5. The highest BCUT2D eigenvalue weighted by molar-refractivity contribution is 5.85. The summed E-state index contributed by atoms with van der Waals surface area (Å²) >= 11 is 0. The standard InChI is InChI=1S/C18H20N2O4/c1-3-23-16-9-6-14(17(21)10-16)11-19-20-18(22)12-24-15-7-4-13(2)5-8-15/h4-11,21H,3,12H2,1-2H3,(H,20,22)/b19-11+. The Morgan fingerprint density at radius 3 is 2.54 bits per heavy atom. The maximum absolute atomic E-state index is 11.7. The molecule has 0 spiro atoms. The van der Waals surface area contributed by atoms with Gasteiger partial charge in [0.05, 0.1) is 12.8 Å². The van der Waals surface area contributed by atoms with E-state index < -0.39 is 5.91 Å². The highest BCUT2D eigenvalue weighted by Crippen LogP contribution is 2.22. The minimum atomic E-state index is -0.391. The first-order chi connectivity index (χ1) is 11.6. The Kier molecular flexibility index (Phi) is 6.19. The number of carbonyl (C=O) groups is 1. The molecule has 0 atom stereocenters.